The molecule has 1 saturated heterocycles. The lowest BCUT2D eigenvalue weighted by atomic mass is 9.99. The Morgan fingerprint density at radius 3 is 2.12 bits per heavy atom. The standard InChI is InChI=1S/C26H42O8/c1-31-22(28)16-12-7-5-3-2-4-6-8-13-17-32-26-24(30)25(23(29)21(18-27)34-26)33-19-20-14-10-9-11-15-20/h9-11,14-15,21,23-27,29-30H,2-8,12-13,16-19H2,1H3/t21-,23-,24-,25+,26-/m1/s1. The van der Waals surface area contributed by atoms with Gasteiger partial charge in [-0.2, -0.15) is 0 Å². The van der Waals surface area contributed by atoms with Crippen LogP contribution >= 0.6 is 0 Å². The normalized spacial score (nSPS) is 24.8. The Bertz CT molecular complexity index is 655. The number of rotatable bonds is 17. The third-order valence-electron chi connectivity index (χ3n) is 6.14. The van der Waals surface area contributed by atoms with Gasteiger partial charge in [0.1, 0.15) is 24.4 Å². The van der Waals surface area contributed by atoms with Crippen LogP contribution in [0.1, 0.15) is 69.8 Å². The molecule has 1 heterocycles. The van der Waals surface area contributed by atoms with E-state index in [1.54, 1.807) is 0 Å². The van der Waals surface area contributed by atoms with Gasteiger partial charge in [-0.05, 0) is 18.4 Å². The van der Waals surface area contributed by atoms with Gasteiger partial charge in [-0.25, -0.2) is 0 Å². The van der Waals surface area contributed by atoms with Crippen molar-refractivity contribution in [3.63, 3.8) is 0 Å². The summed E-state index contributed by atoms with van der Waals surface area (Å²) in [4.78, 5) is 11.1. The number of carbonyl (C=O) groups is 1. The van der Waals surface area contributed by atoms with E-state index in [1.807, 2.05) is 30.3 Å². The molecule has 0 bridgehead atoms. The highest BCUT2D eigenvalue weighted by atomic mass is 16.7. The number of methoxy groups -OCH3 is 1. The molecule has 8 nitrogen and oxygen atoms in total. The minimum absolute atomic E-state index is 0.133. The summed E-state index contributed by atoms with van der Waals surface area (Å²) in [5.41, 5.74) is 0.924. The van der Waals surface area contributed by atoms with Crippen LogP contribution in [0.4, 0.5) is 0 Å². The lowest BCUT2D eigenvalue weighted by Gasteiger charge is -2.41. The fourth-order valence-electron chi connectivity index (χ4n) is 4.06. The molecule has 5 atom stereocenters. The molecule has 0 radical (unpaired) electrons. The SMILES string of the molecule is COC(=O)CCCCCCCCCCCO[C@@H]1O[C@H](CO)[C@@H](O)[C@H](OCc2ccccc2)[C@H]1O. The van der Waals surface area contributed by atoms with E-state index in [2.05, 4.69) is 4.74 Å². The molecular weight excluding hydrogens is 440 g/mol. The fourth-order valence-corrected chi connectivity index (χ4v) is 4.06. The van der Waals surface area contributed by atoms with E-state index >= 15 is 0 Å². The largest absolute Gasteiger partial charge is 0.469 e. The van der Waals surface area contributed by atoms with Crippen molar-refractivity contribution in [2.24, 2.45) is 0 Å². The van der Waals surface area contributed by atoms with Crippen LogP contribution in [-0.4, -0.2) is 72.3 Å². The third kappa shape index (κ3) is 10.4. The minimum atomic E-state index is -1.15. The van der Waals surface area contributed by atoms with Gasteiger partial charge in [-0.15, -0.1) is 0 Å². The average Bonchev–Trinajstić information content (AvgIpc) is 2.86. The summed E-state index contributed by atoms with van der Waals surface area (Å²) in [5.74, 6) is -0.133. The van der Waals surface area contributed by atoms with Crippen LogP contribution in [0, 0.1) is 0 Å². The number of benzene rings is 1. The molecule has 1 aliphatic heterocycles. The molecule has 1 aromatic carbocycles. The zero-order valence-corrected chi connectivity index (χ0v) is 20.3. The predicted octanol–water partition coefficient (Wildman–Crippen LogP) is 3.10. The van der Waals surface area contributed by atoms with Gasteiger partial charge in [0.05, 0.1) is 20.3 Å². The quantitative estimate of drug-likeness (QED) is 0.229. The highest BCUT2D eigenvalue weighted by molar-refractivity contribution is 5.68. The second-order valence-electron chi connectivity index (χ2n) is 8.85. The van der Waals surface area contributed by atoms with Gasteiger partial charge >= 0.3 is 5.97 Å². The predicted molar refractivity (Wildman–Crippen MR) is 127 cm³/mol. The maximum atomic E-state index is 11.1. The van der Waals surface area contributed by atoms with Crippen LogP contribution in [0.5, 0.6) is 0 Å². The van der Waals surface area contributed by atoms with Gasteiger partial charge in [-0.1, -0.05) is 75.3 Å². The van der Waals surface area contributed by atoms with Gasteiger partial charge in [0.15, 0.2) is 6.29 Å². The monoisotopic (exact) mass is 482 g/mol. The summed E-state index contributed by atoms with van der Waals surface area (Å²) in [7, 11) is 1.42. The summed E-state index contributed by atoms with van der Waals surface area (Å²) in [5, 5.41) is 30.7. The fraction of sp³-hybridized carbons (Fsp3) is 0.731. The van der Waals surface area contributed by atoms with Gasteiger partial charge in [0.25, 0.3) is 0 Å². The van der Waals surface area contributed by atoms with Crippen molar-refractivity contribution >= 4 is 5.97 Å². The summed E-state index contributed by atoms with van der Waals surface area (Å²) < 4.78 is 21.7. The molecule has 0 saturated carbocycles. The van der Waals surface area contributed by atoms with Crippen molar-refractivity contribution in [3.8, 4) is 0 Å². The molecule has 1 fully saturated rings. The van der Waals surface area contributed by atoms with E-state index in [-0.39, 0.29) is 19.2 Å². The topological polar surface area (TPSA) is 115 Å². The number of ether oxygens (including phenoxy) is 4. The Hall–Kier alpha value is -1.55. The van der Waals surface area contributed by atoms with E-state index in [0.717, 1.165) is 50.5 Å². The zero-order valence-electron chi connectivity index (χ0n) is 20.3. The minimum Gasteiger partial charge on any atom is -0.469 e. The molecule has 2 rings (SSSR count). The number of hydrogen-bond acceptors (Lipinski definition) is 8. The Kier molecular flexibility index (Phi) is 14.3. The molecule has 0 aliphatic carbocycles. The molecule has 0 amide bonds. The second-order valence-corrected chi connectivity index (χ2v) is 8.85. The number of aliphatic hydroxyl groups excluding tert-OH is 3. The Labute approximate surface area is 203 Å². The first kappa shape index (κ1) is 28.7. The zero-order chi connectivity index (χ0) is 24.6. The summed E-state index contributed by atoms with van der Waals surface area (Å²) in [6.45, 7) is 0.270. The maximum absolute atomic E-state index is 11.1. The van der Waals surface area contributed by atoms with E-state index in [0.29, 0.717) is 13.0 Å². The Morgan fingerprint density at radius 2 is 1.50 bits per heavy atom. The molecule has 8 heteroatoms. The van der Waals surface area contributed by atoms with Gasteiger partial charge in [-0.3, -0.25) is 4.79 Å². The molecule has 1 aliphatic rings. The molecule has 34 heavy (non-hydrogen) atoms. The third-order valence-corrected chi connectivity index (χ3v) is 6.14. The summed E-state index contributed by atoms with van der Waals surface area (Å²) in [6, 6.07) is 9.50. The first-order chi connectivity index (χ1) is 16.6. The van der Waals surface area contributed by atoms with E-state index in [9.17, 15) is 20.1 Å². The maximum Gasteiger partial charge on any atom is 0.305 e. The number of esters is 1. The van der Waals surface area contributed by atoms with Crippen molar-refractivity contribution in [2.45, 2.75) is 102 Å². The van der Waals surface area contributed by atoms with Crippen molar-refractivity contribution < 1.29 is 39.1 Å². The molecule has 0 spiro atoms. The van der Waals surface area contributed by atoms with Crippen LogP contribution in [-0.2, 0) is 30.3 Å². The van der Waals surface area contributed by atoms with Gasteiger partial charge in [0, 0.05) is 13.0 Å². The van der Waals surface area contributed by atoms with E-state index in [1.165, 1.54) is 20.0 Å². The average molecular weight is 483 g/mol. The Balaban J connectivity index is 1.58. The first-order valence-corrected chi connectivity index (χ1v) is 12.5. The molecular formula is C26H42O8. The summed E-state index contributed by atoms with van der Waals surface area (Å²) >= 11 is 0. The summed E-state index contributed by atoms with van der Waals surface area (Å²) in [6.07, 6.45) is 5.05. The van der Waals surface area contributed by atoms with Gasteiger partial charge in [0.2, 0.25) is 0 Å². The van der Waals surface area contributed by atoms with Crippen LogP contribution in [0.15, 0.2) is 30.3 Å². The van der Waals surface area contributed by atoms with Crippen LogP contribution in [0.2, 0.25) is 0 Å². The smallest absolute Gasteiger partial charge is 0.305 e. The van der Waals surface area contributed by atoms with Gasteiger partial charge < -0.3 is 34.3 Å². The second kappa shape index (κ2) is 17.0. The van der Waals surface area contributed by atoms with E-state index < -0.39 is 30.7 Å². The number of carbonyl (C=O) groups excluding carboxylic acids is 1. The molecule has 0 aromatic heterocycles. The lowest BCUT2D eigenvalue weighted by molar-refractivity contribution is -0.309. The number of aliphatic hydroxyl groups is 3. The number of unbranched alkanes of at least 4 members (excludes halogenated alkanes) is 8. The molecule has 0 unspecified atom stereocenters. The Morgan fingerprint density at radius 1 is 0.882 bits per heavy atom. The first-order valence-electron chi connectivity index (χ1n) is 12.5. The highest BCUT2D eigenvalue weighted by Gasteiger charge is 2.45. The van der Waals surface area contributed by atoms with Crippen LogP contribution < -0.4 is 0 Å². The molecule has 194 valence electrons. The lowest BCUT2D eigenvalue weighted by Crippen LogP contribution is -2.60. The highest BCUT2D eigenvalue weighted by Crippen LogP contribution is 2.25. The van der Waals surface area contributed by atoms with Crippen LogP contribution in [0.3, 0.4) is 0 Å². The van der Waals surface area contributed by atoms with Crippen molar-refractivity contribution in [2.75, 3.05) is 20.3 Å². The van der Waals surface area contributed by atoms with Crippen LogP contribution in [0.25, 0.3) is 0 Å². The van der Waals surface area contributed by atoms with E-state index in [4.69, 9.17) is 14.2 Å². The van der Waals surface area contributed by atoms with Crippen molar-refractivity contribution in [3.05, 3.63) is 35.9 Å². The number of hydrogen-bond donors (Lipinski definition) is 3. The molecule has 3 N–H and O–H groups in total. The van der Waals surface area contributed by atoms with Crippen molar-refractivity contribution in [1.29, 1.82) is 0 Å². The van der Waals surface area contributed by atoms with Crippen molar-refractivity contribution in [1.82, 2.24) is 0 Å². The molecule has 1 aromatic rings.